The van der Waals surface area contributed by atoms with Crippen LogP contribution in [0.2, 0.25) is 10.0 Å². The Labute approximate surface area is 115 Å². The van der Waals surface area contributed by atoms with Gasteiger partial charge in [0.25, 0.3) is 0 Å². The molecule has 1 heterocycles. The summed E-state index contributed by atoms with van der Waals surface area (Å²) in [5.41, 5.74) is 1.65. The maximum atomic E-state index is 13.0. The van der Waals surface area contributed by atoms with Crippen LogP contribution in [0.5, 0.6) is 0 Å². The number of halogens is 3. The molecule has 0 saturated heterocycles. The lowest BCUT2D eigenvalue weighted by Crippen LogP contribution is -1.87. The average molecular weight is 282 g/mol. The van der Waals surface area contributed by atoms with Crippen molar-refractivity contribution in [2.75, 3.05) is 0 Å². The molecule has 0 amide bonds. The average Bonchev–Trinajstić information content (AvgIpc) is 2.36. The molecular weight excluding hydrogens is 272 g/mol. The second-order valence-corrected chi connectivity index (χ2v) is 4.53. The van der Waals surface area contributed by atoms with Gasteiger partial charge in [0.2, 0.25) is 0 Å². The van der Waals surface area contributed by atoms with Crippen molar-refractivity contribution in [3.05, 3.63) is 69.7 Å². The van der Waals surface area contributed by atoms with Crippen molar-refractivity contribution in [3.8, 4) is 0 Å². The van der Waals surface area contributed by atoms with Gasteiger partial charge in [0, 0.05) is 12.6 Å². The van der Waals surface area contributed by atoms with E-state index in [-0.39, 0.29) is 5.02 Å². The number of aromatic nitrogens is 1. The van der Waals surface area contributed by atoms with E-state index in [0.717, 1.165) is 11.3 Å². The molecule has 0 fully saturated rings. The highest BCUT2D eigenvalue weighted by atomic mass is 35.5. The van der Waals surface area contributed by atoms with E-state index < -0.39 is 5.82 Å². The van der Waals surface area contributed by atoms with Gasteiger partial charge in [-0.3, -0.25) is 4.98 Å². The SMILES string of the molecule is Fc1ccc(C=CCc2ncccc2Cl)cc1Cl. The van der Waals surface area contributed by atoms with Crippen LogP contribution in [0.25, 0.3) is 6.08 Å². The van der Waals surface area contributed by atoms with Crippen molar-refractivity contribution in [1.29, 1.82) is 0 Å². The summed E-state index contributed by atoms with van der Waals surface area (Å²) in [4.78, 5) is 4.17. The normalized spacial score (nSPS) is 11.1. The highest BCUT2D eigenvalue weighted by Gasteiger charge is 1.99. The molecule has 2 aromatic rings. The Balaban J connectivity index is 2.08. The number of hydrogen-bond donors (Lipinski definition) is 0. The molecule has 18 heavy (non-hydrogen) atoms. The number of nitrogens with zero attached hydrogens (tertiary/aromatic N) is 1. The largest absolute Gasteiger partial charge is 0.259 e. The monoisotopic (exact) mass is 281 g/mol. The van der Waals surface area contributed by atoms with E-state index in [9.17, 15) is 4.39 Å². The fraction of sp³-hybridized carbons (Fsp3) is 0.0714. The second-order valence-electron chi connectivity index (χ2n) is 3.71. The molecule has 0 N–H and O–H groups in total. The van der Waals surface area contributed by atoms with Crippen LogP contribution >= 0.6 is 23.2 Å². The van der Waals surface area contributed by atoms with Gasteiger partial charge < -0.3 is 0 Å². The molecule has 0 radical (unpaired) electrons. The van der Waals surface area contributed by atoms with Crippen LogP contribution < -0.4 is 0 Å². The summed E-state index contributed by atoms with van der Waals surface area (Å²) in [6.45, 7) is 0. The molecule has 0 unspecified atom stereocenters. The minimum atomic E-state index is -0.415. The Bertz CT molecular complexity index is 582. The summed E-state index contributed by atoms with van der Waals surface area (Å²) in [6, 6.07) is 8.17. The molecule has 2 rings (SSSR count). The maximum Gasteiger partial charge on any atom is 0.141 e. The Morgan fingerprint density at radius 2 is 2.00 bits per heavy atom. The number of hydrogen-bond acceptors (Lipinski definition) is 1. The first-order chi connectivity index (χ1) is 8.66. The minimum Gasteiger partial charge on any atom is -0.259 e. The third kappa shape index (κ3) is 3.31. The number of pyridine rings is 1. The van der Waals surface area contributed by atoms with Crippen LogP contribution in [-0.4, -0.2) is 4.98 Å². The highest BCUT2D eigenvalue weighted by Crippen LogP contribution is 2.18. The van der Waals surface area contributed by atoms with Crippen LogP contribution in [0.1, 0.15) is 11.3 Å². The van der Waals surface area contributed by atoms with E-state index in [1.54, 1.807) is 30.5 Å². The minimum absolute atomic E-state index is 0.119. The summed E-state index contributed by atoms with van der Waals surface area (Å²) in [5, 5.41) is 0.757. The summed E-state index contributed by atoms with van der Waals surface area (Å²) >= 11 is 11.7. The molecule has 0 atom stereocenters. The van der Waals surface area contributed by atoms with E-state index in [4.69, 9.17) is 23.2 Å². The van der Waals surface area contributed by atoms with Gasteiger partial charge in [0.15, 0.2) is 0 Å². The Morgan fingerprint density at radius 3 is 2.72 bits per heavy atom. The molecule has 0 aliphatic rings. The molecule has 0 aliphatic carbocycles. The first kappa shape index (κ1) is 13.1. The van der Waals surface area contributed by atoms with Gasteiger partial charge in [-0.25, -0.2) is 4.39 Å². The van der Waals surface area contributed by atoms with Crippen molar-refractivity contribution in [2.24, 2.45) is 0 Å². The topological polar surface area (TPSA) is 12.9 Å². The third-order valence-corrected chi connectivity index (χ3v) is 3.03. The maximum absolute atomic E-state index is 13.0. The van der Waals surface area contributed by atoms with Crippen molar-refractivity contribution in [1.82, 2.24) is 4.98 Å². The molecular formula is C14H10Cl2FN. The predicted octanol–water partition coefficient (Wildman–Crippen LogP) is 4.78. The van der Waals surface area contributed by atoms with E-state index in [1.165, 1.54) is 6.07 Å². The van der Waals surface area contributed by atoms with Crippen LogP contribution in [0.3, 0.4) is 0 Å². The standard InChI is InChI=1S/C14H10Cl2FN/c15-11-4-2-8-18-14(11)5-1-3-10-6-7-13(17)12(16)9-10/h1-4,6-9H,5H2. The smallest absolute Gasteiger partial charge is 0.141 e. The highest BCUT2D eigenvalue weighted by molar-refractivity contribution is 6.31. The van der Waals surface area contributed by atoms with E-state index >= 15 is 0 Å². The first-order valence-electron chi connectivity index (χ1n) is 5.38. The fourth-order valence-electron chi connectivity index (χ4n) is 1.49. The van der Waals surface area contributed by atoms with Crippen molar-refractivity contribution in [3.63, 3.8) is 0 Å². The van der Waals surface area contributed by atoms with E-state index in [0.29, 0.717) is 11.4 Å². The Hall–Kier alpha value is -1.38. The second kappa shape index (κ2) is 5.98. The molecule has 1 aromatic heterocycles. The van der Waals surface area contributed by atoms with Gasteiger partial charge in [-0.1, -0.05) is 41.4 Å². The number of rotatable bonds is 3. The van der Waals surface area contributed by atoms with E-state index in [1.807, 2.05) is 12.2 Å². The molecule has 0 aliphatic heterocycles. The zero-order valence-corrected chi connectivity index (χ0v) is 10.9. The van der Waals surface area contributed by atoms with Gasteiger partial charge in [0.1, 0.15) is 5.82 Å². The van der Waals surface area contributed by atoms with Crippen molar-refractivity contribution in [2.45, 2.75) is 6.42 Å². The molecule has 0 bridgehead atoms. The fourth-order valence-corrected chi connectivity index (χ4v) is 1.88. The molecule has 1 nitrogen and oxygen atoms in total. The quantitative estimate of drug-likeness (QED) is 0.789. The third-order valence-electron chi connectivity index (χ3n) is 2.40. The van der Waals surface area contributed by atoms with Crippen LogP contribution in [-0.2, 0) is 6.42 Å². The van der Waals surface area contributed by atoms with Gasteiger partial charge in [-0.05, 0) is 29.8 Å². The summed E-state index contributed by atoms with van der Waals surface area (Å²) in [7, 11) is 0. The van der Waals surface area contributed by atoms with Crippen LogP contribution in [0.4, 0.5) is 4.39 Å². The molecule has 0 spiro atoms. The molecule has 92 valence electrons. The van der Waals surface area contributed by atoms with Crippen molar-refractivity contribution < 1.29 is 4.39 Å². The van der Waals surface area contributed by atoms with Crippen LogP contribution in [0, 0.1) is 5.82 Å². The lowest BCUT2D eigenvalue weighted by atomic mass is 10.2. The van der Waals surface area contributed by atoms with Gasteiger partial charge >= 0.3 is 0 Å². The van der Waals surface area contributed by atoms with Gasteiger partial charge in [-0.15, -0.1) is 0 Å². The predicted molar refractivity (Wildman–Crippen MR) is 73.4 cm³/mol. The molecule has 0 saturated carbocycles. The summed E-state index contributed by atoms with van der Waals surface area (Å²) in [6.07, 6.45) is 6.09. The Kier molecular flexibility index (Phi) is 4.34. The van der Waals surface area contributed by atoms with Gasteiger partial charge in [0.05, 0.1) is 15.7 Å². The lowest BCUT2D eigenvalue weighted by molar-refractivity contribution is 0.628. The van der Waals surface area contributed by atoms with Gasteiger partial charge in [-0.2, -0.15) is 0 Å². The molecule has 1 aromatic carbocycles. The van der Waals surface area contributed by atoms with Crippen LogP contribution in [0.15, 0.2) is 42.6 Å². The summed E-state index contributed by atoms with van der Waals surface area (Å²) < 4.78 is 13.0. The Morgan fingerprint density at radius 1 is 1.17 bits per heavy atom. The van der Waals surface area contributed by atoms with Crippen molar-refractivity contribution >= 4 is 29.3 Å². The van der Waals surface area contributed by atoms with E-state index in [2.05, 4.69) is 4.98 Å². The summed E-state index contributed by atoms with van der Waals surface area (Å²) in [5.74, 6) is -0.415. The molecule has 4 heteroatoms. The lowest BCUT2D eigenvalue weighted by Gasteiger charge is -1.99. The zero-order chi connectivity index (χ0) is 13.0. The number of allylic oxidation sites excluding steroid dienone is 1. The number of benzene rings is 1. The zero-order valence-electron chi connectivity index (χ0n) is 9.41. The first-order valence-corrected chi connectivity index (χ1v) is 6.13.